The average molecular weight is 512 g/mol. The molecule has 3 heterocycles. The Morgan fingerprint density at radius 2 is 1.86 bits per heavy atom. The van der Waals surface area contributed by atoms with Gasteiger partial charge in [-0.25, -0.2) is 31.3 Å². The molecule has 3 aromatic heterocycles. The fourth-order valence-electron chi connectivity index (χ4n) is 3.37. The van der Waals surface area contributed by atoms with Crippen molar-refractivity contribution >= 4 is 26.9 Å². The minimum Gasteiger partial charge on any atom is -0.478 e. The molecule has 0 spiro atoms. The smallest absolute Gasteiger partial charge is 0.272 e. The number of aromatic nitrogens is 5. The Balaban J connectivity index is 1.75. The first kappa shape index (κ1) is 24.1. The molecule has 4 aromatic rings. The highest BCUT2D eigenvalue weighted by Gasteiger charge is 2.26. The monoisotopic (exact) mass is 512 g/mol. The highest BCUT2D eigenvalue weighted by Crippen LogP contribution is 2.37. The lowest BCUT2D eigenvalue weighted by atomic mass is 10.1. The zero-order chi connectivity index (χ0) is 25.3. The summed E-state index contributed by atoms with van der Waals surface area (Å²) in [5.74, 6) is -1.74. The van der Waals surface area contributed by atoms with E-state index in [1.807, 2.05) is 0 Å². The zero-order valence-electron chi connectivity index (χ0n) is 18.5. The molecule has 2 N–H and O–H groups in total. The number of ether oxygens (including phenoxy) is 3. The van der Waals surface area contributed by atoms with Gasteiger partial charge in [-0.05, 0) is 12.1 Å². The Morgan fingerprint density at radius 1 is 1.17 bits per heavy atom. The van der Waals surface area contributed by atoms with Gasteiger partial charge in [-0.2, -0.15) is 9.97 Å². The molecule has 0 aliphatic heterocycles. The van der Waals surface area contributed by atoms with Crippen LogP contribution >= 0.6 is 0 Å². The third-order valence-corrected chi connectivity index (χ3v) is 6.24. The highest BCUT2D eigenvalue weighted by molar-refractivity contribution is 7.93. The van der Waals surface area contributed by atoms with Crippen molar-refractivity contribution in [3.8, 4) is 28.9 Å². The molecule has 0 aliphatic carbocycles. The van der Waals surface area contributed by atoms with Crippen molar-refractivity contribution in [2.24, 2.45) is 7.05 Å². The number of H-pyrrole nitrogens is 1. The molecule has 15 heteroatoms. The molecule has 0 aliphatic rings. The van der Waals surface area contributed by atoms with E-state index in [1.54, 1.807) is 17.8 Å². The van der Waals surface area contributed by atoms with Crippen molar-refractivity contribution in [2.75, 3.05) is 25.5 Å². The van der Waals surface area contributed by atoms with Crippen LogP contribution in [-0.2, 0) is 17.1 Å². The molecule has 11 nitrogen and oxygen atoms in total. The number of methoxy groups -OCH3 is 2. The van der Waals surface area contributed by atoms with Gasteiger partial charge >= 0.3 is 0 Å². The molecule has 0 amide bonds. The number of sulfonamides is 1. The first-order valence-electron chi connectivity index (χ1n) is 9.87. The van der Waals surface area contributed by atoms with Gasteiger partial charge in [0.25, 0.3) is 28.2 Å². The number of imidazole rings is 1. The Hall–Kier alpha value is -4.01. The molecule has 4 rings (SSSR count). The van der Waals surface area contributed by atoms with Gasteiger partial charge in [0.05, 0.1) is 25.3 Å². The molecule has 1 aromatic carbocycles. The topological polar surface area (TPSA) is 133 Å². The number of nitrogens with zero attached hydrogens (tertiary/aromatic N) is 4. The standard InChI is InChI=1S/C20H19F3N6O5S/c1-29-7-6-24-17(29)14-11(21)5-4-10-12(8-25-15(10)14)35(30,31)28-20-26-18(32-2)16(19(27-20)33-3)34-9-13(22)23/h4-8,13,25H,9H2,1-3H3,(H,26,27,28). The van der Waals surface area contributed by atoms with Crippen LogP contribution in [0.5, 0.6) is 17.5 Å². The second kappa shape index (κ2) is 9.32. The summed E-state index contributed by atoms with van der Waals surface area (Å²) in [5, 5.41) is 0.188. The molecular formula is C20H19F3N6O5S. The second-order valence-corrected chi connectivity index (χ2v) is 8.71. The third-order valence-electron chi connectivity index (χ3n) is 4.87. The molecule has 0 saturated carbocycles. The average Bonchev–Trinajstić information content (AvgIpc) is 3.43. The summed E-state index contributed by atoms with van der Waals surface area (Å²) in [5.41, 5.74) is 0.308. The minimum atomic E-state index is -4.32. The largest absolute Gasteiger partial charge is 0.478 e. The number of hydrogen-bond acceptors (Lipinski definition) is 8. The minimum absolute atomic E-state index is 0.0940. The Labute approximate surface area is 196 Å². The SMILES string of the molecule is COc1nc(NS(=O)(=O)c2c[nH]c3c(-c4nccn4C)c(F)ccc23)nc(OC)c1OCC(F)F. The van der Waals surface area contributed by atoms with E-state index in [2.05, 4.69) is 24.7 Å². The number of halogens is 3. The summed E-state index contributed by atoms with van der Waals surface area (Å²) in [4.78, 5) is 14.5. The summed E-state index contributed by atoms with van der Waals surface area (Å²) < 4.78 is 85.0. The first-order chi connectivity index (χ1) is 16.7. The molecule has 0 fully saturated rings. The molecule has 0 unspecified atom stereocenters. The number of nitrogens with one attached hydrogen (secondary N) is 2. The van der Waals surface area contributed by atoms with Crippen molar-refractivity contribution in [3.05, 3.63) is 36.5 Å². The second-order valence-electron chi connectivity index (χ2n) is 7.06. The summed E-state index contributed by atoms with van der Waals surface area (Å²) in [6.45, 7) is -0.981. The lowest BCUT2D eigenvalue weighted by molar-refractivity contribution is 0.0781. The summed E-state index contributed by atoms with van der Waals surface area (Å²) in [6.07, 6.45) is 1.52. The van der Waals surface area contributed by atoms with Crippen molar-refractivity contribution in [3.63, 3.8) is 0 Å². The van der Waals surface area contributed by atoms with E-state index >= 15 is 0 Å². The van der Waals surface area contributed by atoms with Crippen LogP contribution in [0.15, 0.2) is 35.6 Å². The van der Waals surface area contributed by atoms with Crippen LogP contribution in [0.25, 0.3) is 22.3 Å². The van der Waals surface area contributed by atoms with Crippen molar-refractivity contribution in [1.82, 2.24) is 24.5 Å². The van der Waals surface area contributed by atoms with Crippen LogP contribution in [0, 0.1) is 5.82 Å². The number of hydrogen-bond donors (Lipinski definition) is 2. The van der Waals surface area contributed by atoms with Crippen LogP contribution in [0.4, 0.5) is 19.1 Å². The summed E-state index contributed by atoms with van der Waals surface area (Å²) in [7, 11) is -0.279. The predicted molar refractivity (Wildman–Crippen MR) is 118 cm³/mol. The summed E-state index contributed by atoms with van der Waals surface area (Å²) in [6, 6.07) is 2.45. The fraction of sp³-hybridized carbons (Fsp3) is 0.250. The van der Waals surface area contributed by atoms with Crippen molar-refractivity contribution < 1.29 is 35.8 Å². The van der Waals surface area contributed by atoms with Gasteiger partial charge in [-0.1, -0.05) is 0 Å². The molecule has 0 radical (unpaired) electrons. The zero-order valence-corrected chi connectivity index (χ0v) is 19.4. The normalized spacial score (nSPS) is 11.7. The number of alkyl halides is 2. The van der Waals surface area contributed by atoms with Crippen LogP contribution in [-0.4, -0.2) is 60.2 Å². The maximum Gasteiger partial charge on any atom is 0.272 e. The van der Waals surface area contributed by atoms with Gasteiger partial charge in [0, 0.05) is 31.0 Å². The van der Waals surface area contributed by atoms with Gasteiger partial charge in [0.15, 0.2) is 0 Å². The fourth-order valence-corrected chi connectivity index (χ4v) is 4.49. The van der Waals surface area contributed by atoms with Crippen molar-refractivity contribution in [1.29, 1.82) is 0 Å². The maximum absolute atomic E-state index is 14.7. The van der Waals surface area contributed by atoms with E-state index in [0.29, 0.717) is 5.82 Å². The van der Waals surface area contributed by atoms with E-state index in [9.17, 15) is 21.6 Å². The molecular weight excluding hydrogens is 493 g/mol. The van der Waals surface area contributed by atoms with Crippen LogP contribution in [0.3, 0.4) is 0 Å². The maximum atomic E-state index is 14.7. The Bertz CT molecular complexity index is 1460. The van der Waals surface area contributed by atoms with Crippen LogP contribution in [0.1, 0.15) is 0 Å². The lowest BCUT2D eigenvalue weighted by Gasteiger charge is -2.14. The number of rotatable bonds is 9. The number of anilines is 1. The predicted octanol–water partition coefficient (Wildman–Crippen LogP) is 2.96. The van der Waals surface area contributed by atoms with E-state index in [1.165, 1.54) is 32.7 Å². The lowest BCUT2D eigenvalue weighted by Crippen LogP contribution is -2.16. The quantitative estimate of drug-likeness (QED) is 0.350. The van der Waals surface area contributed by atoms with Gasteiger partial charge in [0.1, 0.15) is 23.1 Å². The van der Waals surface area contributed by atoms with Crippen LogP contribution < -0.4 is 18.9 Å². The number of aromatic amines is 1. The third kappa shape index (κ3) is 4.53. The van der Waals surface area contributed by atoms with Crippen molar-refractivity contribution in [2.45, 2.75) is 11.3 Å². The summed E-state index contributed by atoms with van der Waals surface area (Å²) >= 11 is 0. The Kier molecular flexibility index (Phi) is 6.43. The van der Waals surface area contributed by atoms with E-state index < -0.39 is 34.8 Å². The van der Waals surface area contributed by atoms with Crippen LogP contribution in [0.2, 0.25) is 0 Å². The highest BCUT2D eigenvalue weighted by atomic mass is 32.2. The molecule has 0 atom stereocenters. The van der Waals surface area contributed by atoms with Gasteiger partial charge < -0.3 is 23.8 Å². The number of aryl methyl sites for hydroxylation is 1. The molecule has 0 bridgehead atoms. The molecule has 186 valence electrons. The van der Waals surface area contributed by atoms with Gasteiger partial charge in [-0.15, -0.1) is 0 Å². The number of fused-ring (bicyclic) bond motifs is 1. The van der Waals surface area contributed by atoms with E-state index in [0.717, 1.165) is 6.07 Å². The first-order valence-corrected chi connectivity index (χ1v) is 11.4. The van der Waals surface area contributed by atoms with Gasteiger partial charge in [-0.3, -0.25) is 0 Å². The number of benzene rings is 1. The Morgan fingerprint density at radius 3 is 2.43 bits per heavy atom. The van der Waals surface area contributed by atoms with Gasteiger partial charge in [0.2, 0.25) is 11.7 Å². The molecule has 35 heavy (non-hydrogen) atoms. The molecule has 0 saturated heterocycles. The van der Waals surface area contributed by atoms with E-state index in [4.69, 9.17) is 14.2 Å². The van der Waals surface area contributed by atoms with E-state index in [-0.39, 0.29) is 38.9 Å².